The molecule has 1 aliphatic rings. The molecule has 2 aromatic heterocycles. The first kappa shape index (κ1) is 20.6. The predicted molar refractivity (Wildman–Crippen MR) is 115 cm³/mol. The summed E-state index contributed by atoms with van der Waals surface area (Å²) in [6.45, 7) is 12.1. The summed E-state index contributed by atoms with van der Waals surface area (Å²) in [4.78, 5) is 17.2. The Morgan fingerprint density at radius 1 is 1.07 bits per heavy atom. The summed E-state index contributed by atoms with van der Waals surface area (Å²) in [6.07, 6.45) is 1.55. The average Bonchev–Trinajstić information content (AvgIpc) is 3.18. The third-order valence-electron chi connectivity index (χ3n) is 5.90. The molecule has 1 aromatic carbocycles. The zero-order valence-electron chi connectivity index (χ0n) is 18.5. The lowest BCUT2D eigenvalue weighted by Crippen LogP contribution is -2.41. The van der Waals surface area contributed by atoms with Gasteiger partial charge < -0.3 is 14.0 Å². The van der Waals surface area contributed by atoms with Crippen molar-refractivity contribution in [3.05, 3.63) is 40.8 Å². The number of hydrogen-bond donors (Lipinski definition) is 0. The predicted octanol–water partition coefficient (Wildman–Crippen LogP) is 2.80. The fourth-order valence-electron chi connectivity index (χ4n) is 3.30. The van der Waals surface area contributed by atoms with Gasteiger partial charge in [0.05, 0.1) is 17.4 Å². The molecule has 4 rings (SSSR count). The minimum absolute atomic E-state index is 0.0779. The van der Waals surface area contributed by atoms with Crippen LogP contribution in [0.25, 0.3) is 11.0 Å². The number of benzene rings is 1. The van der Waals surface area contributed by atoms with E-state index in [1.165, 1.54) is 4.57 Å². The molecular weight excluding hydrogens is 383 g/mol. The molecule has 1 aliphatic heterocycles. The molecule has 3 heterocycles. The molecule has 1 fully saturated rings. The summed E-state index contributed by atoms with van der Waals surface area (Å²) in [5.41, 5.74) is 0.414. The van der Waals surface area contributed by atoms with Crippen molar-refractivity contribution in [3.8, 4) is 11.8 Å². The van der Waals surface area contributed by atoms with E-state index in [1.807, 2.05) is 65.8 Å². The van der Waals surface area contributed by atoms with E-state index in [-0.39, 0.29) is 17.6 Å². The van der Waals surface area contributed by atoms with Gasteiger partial charge in [-0.25, -0.2) is 4.68 Å². The Kier molecular flexibility index (Phi) is 4.78. The van der Waals surface area contributed by atoms with Crippen molar-refractivity contribution in [2.24, 2.45) is 7.05 Å². The van der Waals surface area contributed by atoms with Crippen molar-refractivity contribution < 1.29 is 14.0 Å². The highest BCUT2D eigenvalue weighted by Gasteiger charge is 2.51. The number of rotatable bonds is 4. The minimum atomic E-state index is -0.441. The number of nitrogens with zero attached hydrogens (tertiary/aromatic N) is 4. The molecule has 9 heteroatoms. The van der Waals surface area contributed by atoms with Gasteiger partial charge in [-0.1, -0.05) is 12.1 Å². The Labute approximate surface area is 175 Å². The summed E-state index contributed by atoms with van der Waals surface area (Å²) in [7, 11) is 1.19. The molecule has 0 amide bonds. The van der Waals surface area contributed by atoms with Gasteiger partial charge in [-0.2, -0.15) is 10.1 Å². The Hall–Kier alpha value is -2.65. The summed E-state index contributed by atoms with van der Waals surface area (Å²) in [5, 5.41) is 4.75. The van der Waals surface area contributed by atoms with Crippen LogP contribution in [0.15, 0.2) is 35.3 Å². The average molecular weight is 410 g/mol. The van der Waals surface area contributed by atoms with Crippen LogP contribution in [0.1, 0.15) is 47.6 Å². The smallest absolute Gasteiger partial charge is 0.425 e. The van der Waals surface area contributed by atoms with Gasteiger partial charge in [-0.3, -0.25) is 9.36 Å². The number of aromatic nitrogens is 4. The summed E-state index contributed by atoms with van der Waals surface area (Å²) in [5.74, 6) is 0.563. The largest absolute Gasteiger partial charge is 0.494 e. The molecule has 0 saturated carbocycles. The summed E-state index contributed by atoms with van der Waals surface area (Å²) < 4.78 is 21.2. The van der Waals surface area contributed by atoms with Crippen molar-refractivity contribution in [2.45, 2.75) is 58.8 Å². The van der Waals surface area contributed by atoms with E-state index in [1.54, 1.807) is 17.9 Å². The molecular formula is C21H27BN4O4. The lowest BCUT2D eigenvalue weighted by atomic mass is 9.79. The summed E-state index contributed by atoms with van der Waals surface area (Å²) in [6, 6.07) is 7.71. The van der Waals surface area contributed by atoms with Gasteiger partial charge in [0.2, 0.25) is 0 Å². The van der Waals surface area contributed by atoms with Crippen molar-refractivity contribution in [1.82, 2.24) is 19.3 Å². The van der Waals surface area contributed by atoms with Gasteiger partial charge in [0.1, 0.15) is 11.1 Å². The first-order chi connectivity index (χ1) is 14.0. The quantitative estimate of drug-likeness (QED) is 0.616. The summed E-state index contributed by atoms with van der Waals surface area (Å²) >= 11 is 0. The first-order valence-electron chi connectivity index (χ1n) is 10.1. The topological polar surface area (TPSA) is 80.4 Å². The highest BCUT2D eigenvalue weighted by molar-refractivity contribution is 6.62. The highest BCUT2D eigenvalue weighted by Crippen LogP contribution is 2.36. The molecule has 0 aliphatic carbocycles. The third-order valence-corrected chi connectivity index (χ3v) is 5.90. The molecule has 1 saturated heterocycles. The second-order valence-corrected chi connectivity index (χ2v) is 8.94. The van der Waals surface area contributed by atoms with Crippen LogP contribution in [0.4, 0.5) is 0 Å². The number of fused-ring (bicyclic) bond motifs is 1. The van der Waals surface area contributed by atoms with E-state index in [0.717, 1.165) is 5.46 Å². The van der Waals surface area contributed by atoms with E-state index >= 15 is 0 Å². The molecule has 158 valence electrons. The Balaban J connectivity index is 1.61. The van der Waals surface area contributed by atoms with E-state index in [9.17, 15) is 4.79 Å². The molecule has 0 atom stereocenters. The van der Waals surface area contributed by atoms with Crippen LogP contribution in [-0.4, -0.2) is 37.7 Å². The Bertz CT molecular complexity index is 1130. The highest BCUT2D eigenvalue weighted by atomic mass is 16.7. The number of hydrogen-bond acceptors (Lipinski definition) is 6. The number of ether oxygens (including phenoxy) is 1. The molecule has 8 nitrogen and oxygen atoms in total. The lowest BCUT2D eigenvalue weighted by Gasteiger charge is -2.32. The van der Waals surface area contributed by atoms with Gasteiger partial charge in [0.15, 0.2) is 5.65 Å². The van der Waals surface area contributed by atoms with E-state index in [2.05, 4.69) is 10.1 Å². The van der Waals surface area contributed by atoms with Crippen LogP contribution in [0.2, 0.25) is 0 Å². The van der Waals surface area contributed by atoms with Crippen molar-refractivity contribution in [3.63, 3.8) is 0 Å². The Morgan fingerprint density at radius 3 is 2.23 bits per heavy atom. The fraction of sp³-hybridized carbons (Fsp3) is 0.476. The van der Waals surface area contributed by atoms with E-state index in [4.69, 9.17) is 14.0 Å². The molecule has 0 unspecified atom stereocenters. The first-order valence-corrected chi connectivity index (χ1v) is 10.1. The maximum absolute atomic E-state index is 12.7. The molecule has 0 radical (unpaired) electrons. The normalized spacial score (nSPS) is 17.8. The standard InChI is InChI=1S/C21H27BN4O4/c1-13(2)26-17-16(12-23-26)18(27)25(7)19(24-17)28-15-10-8-14(9-11-15)22-29-20(3,4)21(5,6)30-22/h8-13H,1-7H3. The van der Waals surface area contributed by atoms with Crippen LogP contribution in [0.3, 0.4) is 0 Å². The van der Waals surface area contributed by atoms with Crippen molar-refractivity contribution in [1.29, 1.82) is 0 Å². The van der Waals surface area contributed by atoms with Crippen LogP contribution in [-0.2, 0) is 16.4 Å². The van der Waals surface area contributed by atoms with Crippen molar-refractivity contribution in [2.75, 3.05) is 0 Å². The van der Waals surface area contributed by atoms with Gasteiger partial charge >= 0.3 is 13.1 Å². The third kappa shape index (κ3) is 3.32. The van der Waals surface area contributed by atoms with Gasteiger partial charge in [0, 0.05) is 13.1 Å². The van der Waals surface area contributed by atoms with Crippen LogP contribution in [0.5, 0.6) is 11.8 Å². The lowest BCUT2D eigenvalue weighted by molar-refractivity contribution is 0.00578. The van der Waals surface area contributed by atoms with Gasteiger partial charge in [-0.15, -0.1) is 0 Å². The fourth-order valence-corrected chi connectivity index (χ4v) is 3.30. The molecule has 30 heavy (non-hydrogen) atoms. The molecule has 0 spiro atoms. The van der Waals surface area contributed by atoms with Gasteiger partial charge in [-0.05, 0) is 59.1 Å². The monoisotopic (exact) mass is 410 g/mol. The second kappa shape index (κ2) is 6.96. The Morgan fingerprint density at radius 2 is 1.67 bits per heavy atom. The minimum Gasteiger partial charge on any atom is -0.425 e. The van der Waals surface area contributed by atoms with Crippen LogP contribution < -0.4 is 15.8 Å². The molecule has 0 bridgehead atoms. The second-order valence-electron chi connectivity index (χ2n) is 8.94. The SMILES string of the molecule is CC(C)n1ncc2c(=O)n(C)c(Oc3ccc(B4OC(C)(C)C(C)(C)O4)cc3)nc21. The van der Waals surface area contributed by atoms with Gasteiger partial charge in [0.25, 0.3) is 5.56 Å². The van der Waals surface area contributed by atoms with Crippen LogP contribution in [0, 0.1) is 0 Å². The zero-order valence-corrected chi connectivity index (χ0v) is 18.5. The zero-order chi connectivity index (χ0) is 21.8. The van der Waals surface area contributed by atoms with Crippen molar-refractivity contribution >= 4 is 23.6 Å². The molecule has 0 N–H and O–H groups in total. The maximum atomic E-state index is 12.7. The maximum Gasteiger partial charge on any atom is 0.494 e. The van der Waals surface area contributed by atoms with E-state index < -0.39 is 18.3 Å². The molecule has 3 aromatic rings. The van der Waals surface area contributed by atoms with Crippen LogP contribution >= 0.6 is 0 Å². The van der Waals surface area contributed by atoms with E-state index in [0.29, 0.717) is 16.8 Å².